The first-order valence-corrected chi connectivity index (χ1v) is 5.95. The zero-order valence-corrected chi connectivity index (χ0v) is 10.5. The van der Waals surface area contributed by atoms with E-state index in [0.717, 1.165) is 19.5 Å². The monoisotopic (exact) mass is 212 g/mol. The van der Waals surface area contributed by atoms with Crippen molar-refractivity contribution in [1.82, 2.24) is 9.80 Å². The van der Waals surface area contributed by atoms with Gasteiger partial charge in [0.1, 0.15) is 0 Å². The van der Waals surface area contributed by atoms with Gasteiger partial charge in [0.2, 0.25) is 5.91 Å². The Balaban J connectivity index is 2.29. The van der Waals surface area contributed by atoms with Gasteiger partial charge < -0.3 is 9.80 Å². The average Bonchev–Trinajstić information content (AvgIpc) is 2.18. The van der Waals surface area contributed by atoms with Gasteiger partial charge in [0.15, 0.2) is 0 Å². The lowest BCUT2D eigenvalue weighted by Gasteiger charge is -2.34. The molecule has 0 aromatic heterocycles. The summed E-state index contributed by atoms with van der Waals surface area (Å²) >= 11 is 0. The summed E-state index contributed by atoms with van der Waals surface area (Å²) in [6, 6.07) is 0.649. The summed E-state index contributed by atoms with van der Waals surface area (Å²) in [4.78, 5) is 15.7. The van der Waals surface area contributed by atoms with Gasteiger partial charge in [0.05, 0.1) is 0 Å². The van der Waals surface area contributed by atoms with Crippen molar-refractivity contribution in [1.29, 1.82) is 0 Å². The molecule has 0 radical (unpaired) electrons. The molecule has 0 atom stereocenters. The third-order valence-electron chi connectivity index (χ3n) is 3.34. The zero-order valence-electron chi connectivity index (χ0n) is 10.5. The van der Waals surface area contributed by atoms with Gasteiger partial charge in [-0.3, -0.25) is 4.79 Å². The number of hydrogen-bond acceptors (Lipinski definition) is 2. The van der Waals surface area contributed by atoms with Gasteiger partial charge >= 0.3 is 0 Å². The van der Waals surface area contributed by atoms with E-state index >= 15 is 0 Å². The maximum atomic E-state index is 11.5. The van der Waals surface area contributed by atoms with Crippen molar-refractivity contribution in [2.24, 2.45) is 5.92 Å². The standard InChI is InChI=1S/C12H24N2O/c1-10(2)14-7-5-11(6-8-14)9-12(15)13(3)4/h10-11H,5-9H2,1-4H3. The fourth-order valence-corrected chi connectivity index (χ4v) is 2.10. The number of rotatable bonds is 3. The molecule has 0 aliphatic carbocycles. The molecule has 0 bridgehead atoms. The molecule has 1 aliphatic rings. The highest BCUT2D eigenvalue weighted by Gasteiger charge is 2.22. The lowest BCUT2D eigenvalue weighted by atomic mass is 9.92. The molecule has 1 fully saturated rings. The molecule has 0 saturated carbocycles. The van der Waals surface area contributed by atoms with E-state index in [1.165, 1.54) is 12.8 Å². The highest BCUT2D eigenvalue weighted by molar-refractivity contribution is 5.75. The van der Waals surface area contributed by atoms with Crippen LogP contribution >= 0.6 is 0 Å². The summed E-state index contributed by atoms with van der Waals surface area (Å²) in [6.07, 6.45) is 3.09. The molecule has 1 rings (SSSR count). The number of carbonyl (C=O) groups is 1. The van der Waals surface area contributed by atoms with Gasteiger partial charge in [-0.1, -0.05) is 0 Å². The van der Waals surface area contributed by atoms with E-state index in [4.69, 9.17) is 0 Å². The number of piperidine rings is 1. The van der Waals surface area contributed by atoms with Crippen molar-refractivity contribution in [3.05, 3.63) is 0 Å². The zero-order chi connectivity index (χ0) is 11.4. The molecule has 0 unspecified atom stereocenters. The van der Waals surface area contributed by atoms with Crippen LogP contribution in [0.3, 0.4) is 0 Å². The van der Waals surface area contributed by atoms with E-state index in [9.17, 15) is 4.79 Å². The molecular weight excluding hydrogens is 188 g/mol. The molecule has 0 spiro atoms. The summed E-state index contributed by atoms with van der Waals surface area (Å²) in [6.45, 7) is 6.79. The highest BCUT2D eigenvalue weighted by atomic mass is 16.2. The lowest BCUT2D eigenvalue weighted by molar-refractivity contribution is -0.130. The van der Waals surface area contributed by atoms with Crippen LogP contribution in [0.4, 0.5) is 0 Å². The Morgan fingerprint density at radius 2 is 1.87 bits per heavy atom. The summed E-state index contributed by atoms with van der Waals surface area (Å²) in [5.74, 6) is 0.882. The fourth-order valence-electron chi connectivity index (χ4n) is 2.10. The quantitative estimate of drug-likeness (QED) is 0.709. The van der Waals surface area contributed by atoms with Crippen LogP contribution in [0.1, 0.15) is 33.1 Å². The molecule has 3 nitrogen and oxygen atoms in total. The van der Waals surface area contributed by atoms with Crippen LogP contribution in [-0.2, 0) is 4.79 Å². The predicted octanol–water partition coefficient (Wildman–Crippen LogP) is 1.59. The molecule has 0 aromatic rings. The van der Waals surface area contributed by atoms with E-state index < -0.39 is 0 Å². The molecule has 1 aliphatic heterocycles. The molecule has 88 valence electrons. The Morgan fingerprint density at radius 3 is 2.27 bits per heavy atom. The van der Waals surface area contributed by atoms with Crippen molar-refractivity contribution in [2.75, 3.05) is 27.2 Å². The number of nitrogens with zero attached hydrogens (tertiary/aromatic N) is 2. The van der Waals surface area contributed by atoms with E-state index in [2.05, 4.69) is 18.7 Å². The van der Waals surface area contributed by atoms with Crippen molar-refractivity contribution < 1.29 is 4.79 Å². The Kier molecular flexibility index (Phi) is 4.58. The van der Waals surface area contributed by atoms with Crippen molar-refractivity contribution in [3.63, 3.8) is 0 Å². The minimum atomic E-state index is 0.276. The van der Waals surface area contributed by atoms with Gasteiger partial charge in [0.25, 0.3) is 0 Å². The minimum absolute atomic E-state index is 0.276. The van der Waals surface area contributed by atoms with Gasteiger partial charge in [-0.2, -0.15) is 0 Å². The topological polar surface area (TPSA) is 23.6 Å². The highest BCUT2D eigenvalue weighted by Crippen LogP contribution is 2.22. The second-order valence-corrected chi connectivity index (χ2v) is 5.07. The number of amides is 1. The maximum absolute atomic E-state index is 11.5. The smallest absolute Gasteiger partial charge is 0.222 e. The van der Waals surface area contributed by atoms with E-state index in [1.54, 1.807) is 4.90 Å². The van der Waals surface area contributed by atoms with Crippen LogP contribution in [0.2, 0.25) is 0 Å². The van der Waals surface area contributed by atoms with Gasteiger partial charge in [-0.05, 0) is 45.7 Å². The summed E-state index contributed by atoms with van der Waals surface area (Å²) in [5.41, 5.74) is 0. The van der Waals surface area contributed by atoms with Crippen LogP contribution in [0, 0.1) is 5.92 Å². The van der Waals surface area contributed by atoms with Gasteiger partial charge in [-0.25, -0.2) is 0 Å². The average molecular weight is 212 g/mol. The fraction of sp³-hybridized carbons (Fsp3) is 0.917. The summed E-state index contributed by atoms with van der Waals surface area (Å²) < 4.78 is 0. The van der Waals surface area contributed by atoms with Crippen molar-refractivity contribution in [3.8, 4) is 0 Å². The largest absolute Gasteiger partial charge is 0.349 e. The van der Waals surface area contributed by atoms with Crippen LogP contribution in [0.15, 0.2) is 0 Å². The summed E-state index contributed by atoms with van der Waals surface area (Å²) in [7, 11) is 3.68. The normalized spacial score (nSPS) is 19.5. The first-order valence-electron chi connectivity index (χ1n) is 5.95. The van der Waals surface area contributed by atoms with Crippen LogP contribution in [0.25, 0.3) is 0 Å². The number of likely N-dealkylation sites (tertiary alicyclic amines) is 1. The Bertz CT molecular complexity index is 206. The molecule has 3 heteroatoms. The molecule has 1 amide bonds. The van der Waals surface area contributed by atoms with Gasteiger partial charge in [0, 0.05) is 26.6 Å². The first-order chi connectivity index (χ1) is 7.00. The van der Waals surface area contributed by atoms with Crippen LogP contribution in [0.5, 0.6) is 0 Å². The maximum Gasteiger partial charge on any atom is 0.222 e. The number of carbonyl (C=O) groups excluding carboxylic acids is 1. The minimum Gasteiger partial charge on any atom is -0.349 e. The predicted molar refractivity (Wildman–Crippen MR) is 62.7 cm³/mol. The van der Waals surface area contributed by atoms with Crippen LogP contribution < -0.4 is 0 Å². The number of hydrogen-bond donors (Lipinski definition) is 0. The van der Waals surface area contributed by atoms with Crippen molar-refractivity contribution in [2.45, 2.75) is 39.2 Å². The van der Waals surface area contributed by atoms with Crippen LogP contribution in [-0.4, -0.2) is 48.9 Å². The molecular formula is C12H24N2O. The second-order valence-electron chi connectivity index (χ2n) is 5.07. The Morgan fingerprint density at radius 1 is 1.33 bits per heavy atom. The van der Waals surface area contributed by atoms with Gasteiger partial charge in [-0.15, -0.1) is 0 Å². The van der Waals surface area contributed by atoms with E-state index in [-0.39, 0.29) is 5.91 Å². The molecule has 0 aromatic carbocycles. The second kappa shape index (κ2) is 5.50. The molecule has 1 saturated heterocycles. The van der Waals surface area contributed by atoms with E-state index in [1.807, 2.05) is 14.1 Å². The van der Waals surface area contributed by atoms with E-state index in [0.29, 0.717) is 12.0 Å². The molecule has 15 heavy (non-hydrogen) atoms. The Hall–Kier alpha value is -0.570. The molecule has 0 N–H and O–H groups in total. The SMILES string of the molecule is CC(C)N1CCC(CC(=O)N(C)C)CC1. The summed E-state index contributed by atoms with van der Waals surface area (Å²) in [5, 5.41) is 0. The Labute approximate surface area is 93.4 Å². The van der Waals surface area contributed by atoms with Crippen molar-refractivity contribution >= 4 is 5.91 Å². The third kappa shape index (κ3) is 3.82. The lowest BCUT2D eigenvalue weighted by Crippen LogP contribution is -2.39. The molecule has 1 heterocycles. The third-order valence-corrected chi connectivity index (χ3v) is 3.34. The first kappa shape index (κ1) is 12.5.